The molecule has 0 bridgehead atoms. The van der Waals surface area contributed by atoms with Gasteiger partial charge in [-0.3, -0.25) is 9.59 Å². The van der Waals surface area contributed by atoms with Crippen LogP contribution in [-0.4, -0.2) is 42.5 Å². The maximum absolute atomic E-state index is 13.9. The van der Waals surface area contributed by atoms with Gasteiger partial charge in [-0.15, -0.1) is 0 Å². The van der Waals surface area contributed by atoms with Crippen molar-refractivity contribution in [3.63, 3.8) is 0 Å². The lowest BCUT2D eigenvalue weighted by Crippen LogP contribution is -2.41. The fraction of sp³-hybridized carbons (Fsp3) is 0.333. The van der Waals surface area contributed by atoms with E-state index in [1.807, 2.05) is 26.0 Å². The Morgan fingerprint density at radius 3 is 2.55 bits per heavy atom. The molecule has 7 heteroatoms. The van der Waals surface area contributed by atoms with Gasteiger partial charge in [-0.1, -0.05) is 18.2 Å². The van der Waals surface area contributed by atoms with Crippen LogP contribution >= 0.6 is 0 Å². The second kappa shape index (κ2) is 10.3. The molecule has 1 aliphatic heterocycles. The Hall–Kier alpha value is -3.06. The summed E-state index contributed by atoms with van der Waals surface area (Å²) in [5.74, 6) is -2.40. The van der Waals surface area contributed by atoms with Crippen molar-refractivity contribution in [2.75, 3.05) is 25.0 Å². The van der Waals surface area contributed by atoms with Crippen molar-refractivity contribution in [2.24, 2.45) is 0 Å². The molecule has 1 N–H and O–H groups in total. The third kappa shape index (κ3) is 5.98. The molecule has 0 radical (unpaired) electrons. The Bertz CT molecular complexity index is 965. The van der Waals surface area contributed by atoms with Crippen LogP contribution in [0.3, 0.4) is 0 Å². The Labute approximate surface area is 180 Å². The second-order valence-corrected chi connectivity index (χ2v) is 7.62. The number of hydrogen-bond acceptors (Lipinski definition) is 3. The number of nitrogens with one attached hydrogen (secondary N) is 1. The van der Waals surface area contributed by atoms with E-state index in [1.165, 1.54) is 11.0 Å². The molecule has 2 aromatic carbocycles. The Balaban J connectivity index is 1.73. The number of halogens is 2. The minimum Gasteiger partial charge on any atom is -0.376 e. The van der Waals surface area contributed by atoms with E-state index in [1.54, 1.807) is 6.07 Å². The number of aryl methyl sites for hydroxylation is 1. The number of benzene rings is 2. The summed E-state index contributed by atoms with van der Waals surface area (Å²) in [6.07, 6.45) is 3.68. The number of ether oxygens (including phenoxy) is 1. The summed E-state index contributed by atoms with van der Waals surface area (Å²) in [5, 5.41) is 2.84. The molecule has 0 saturated carbocycles. The van der Waals surface area contributed by atoms with Gasteiger partial charge >= 0.3 is 0 Å². The smallest absolute Gasteiger partial charge is 0.247 e. The van der Waals surface area contributed by atoms with Crippen molar-refractivity contribution in [2.45, 2.75) is 32.8 Å². The molecule has 5 nitrogen and oxygen atoms in total. The number of anilines is 1. The number of amides is 2. The summed E-state index contributed by atoms with van der Waals surface area (Å²) in [7, 11) is 0. The number of nitrogens with zero attached hydrogens (tertiary/aromatic N) is 1. The molecule has 1 aliphatic rings. The molecule has 164 valence electrons. The average molecular weight is 428 g/mol. The summed E-state index contributed by atoms with van der Waals surface area (Å²) in [5.41, 5.74) is 2.37. The van der Waals surface area contributed by atoms with E-state index in [9.17, 15) is 18.4 Å². The van der Waals surface area contributed by atoms with Gasteiger partial charge in [0, 0.05) is 30.5 Å². The van der Waals surface area contributed by atoms with Crippen LogP contribution in [0.2, 0.25) is 0 Å². The predicted octanol–water partition coefficient (Wildman–Crippen LogP) is 4.24. The molecule has 0 aliphatic carbocycles. The highest BCUT2D eigenvalue weighted by atomic mass is 19.1. The Morgan fingerprint density at radius 1 is 1.16 bits per heavy atom. The average Bonchev–Trinajstić information content (AvgIpc) is 3.23. The topological polar surface area (TPSA) is 58.6 Å². The van der Waals surface area contributed by atoms with E-state index in [2.05, 4.69) is 5.32 Å². The molecule has 3 rings (SSSR count). The largest absolute Gasteiger partial charge is 0.376 e. The molecule has 2 amide bonds. The molecule has 31 heavy (non-hydrogen) atoms. The molecule has 1 atom stereocenters. The normalized spacial score (nSPS) is 15.9. The molecular weight excluding hydrogens is 402 g/mol. The third-order valence-electron chi connectivity index (χ3n) is 5.37. The standard InChI is InChI=1S/C24H26F2N2O3/c1-16-6-3-10-22(17(16)2)27-23(29)15-28(14-18-7-5-13-31-18)24(30)12-11-19-20(25)8-4-9-21(19)26/h3-4,6,8-12,18H,5,7,13-15H2,1-2H3,(H,27,29). The van der Waals surface area contributed by atoms with Gasteiger partial charge in [0.25, 0.3) is 0 Å². The fourth-order valence-corrected chi connectivity index (χ4v) is 3.45. The van der Waals surface area contributed by atoms with Crippen LogP contribution in [0.4, 0.5) is 14.5 Å². The SMILES string of the molecule is Cc1cccc(NC(=O)CN(CC2CCCO2)C(=O)C=Cc2c(F)cccc2F)c1C. The lowest BCUT2D eigenvalue weighted by atomic mass is 10.1. The van der Waals surface area contributed by atoms with Crippen LogP contribution in [0, 0.1) is 25.5 Å². The number of hydrogen-bond donors (Lipinski definition) is 1. The zero-order valence-electron chi connectivity index (χ0n) is 17.7. The van der Waals surface area contributed by atoms with E-state index >= 15 is 0 Å². The van der Waals surface area contributed by atoms with Gasteiger partial charge in [0.05, 0.1) is 6.10 Å². The quantitative estimate of drug-likeness (QED) is 0.671. The zero-order chi connectivity index (χ0) is 22.4. The summed E-state index contributed by atoms with van der Waals surface area (Å²) >= 11 is 0. The fourth-order valence-electron chi connectivity index (χ4n) is 3.45. The van der Waals surface area contributed by atoms with Crippen LogP contribution in [0.5, 0.6) is 0 Å². The molecular formula is C24H26F2N2O3. The van der Waals surface area contributed by atoms with Crippen molar-refractivity contribution in [3.8, 4) is 0 Å². The Kier molecular flexibility index (Phi) is 7.52. The summed E-state index contributed by atoms with van der Waals surface area (Å²) in [6, 6.07) is 9.09. The Morgan fingerprint density at radius 2 is 1.87 bits per heavy atom. The van der Waals surface area contributed by atoms with Crippen molar-refractivity contribution in [1.29, 1.82) is 0 Å². The molecule has 1 unspecified atom stereocenters. The maximum atomic E-state index is 13.9. The van der Waals surface area contributed by atoms with Crippen LogP contribution < -0.4 is 5.32 Å². The van der Waals surface area contributed by atoms with Gasteiger partial charge in [0.1, 0.15) is 18.2 Å². The lowest BCUT2D eigenvalue weighted by Gasteiger charge is -2.24. The van der Waals surface area contributed by atoms with Crippen molar-refractivity contribution < 1.29 is 23.1 Å². The van der Waals surface area contributed by atoms with Gasteiger partial charge in [0.15, 0.2) is 0 Å². The van der Waals surface area contributed by atoms with E-state index in [0.29, 0.717) is 12.3 Å². The van der Waals surface area contributed by atoms with Crippen molar-refractivity contribution >= 4 is 23.6 Å². The van der Waals surface area contributed by atoms with Crippen LogP contribution in [0.1, 0.15) is 29.5 Å². The first-order valence-electron chi connectivity index (χ1n) is 10.2. The summed E-state index contributed by atoms with van der Waals surface area (Å²) in [6.45, 7) is 4.49. The van der Waals surface area contributed by atoms with Crippen LogP contribution in [-0.2, 0) is 14.3 Å². The van der Waals surface area contributed by atoms with E-state index in [-0.39, 0.29) is 30.7 Å². The van der Waals surface area contributed by atoms with E-state index in [4.69, 9.17) is 4.74 Å². The molecule has 1 saturated heterocycles. The summed E-state index contributed by atoms with van der Waals surface area (Å²) in [4.78, 5) is 26.8. The first kappa shape index (κ1) is 22.6. The lowest BCUT2D eigenvalue weighted by molar-refractivity contribution is -0.131. The highest BCUT2D eigenvalue weighted by Gasteiger charge is 2.23. The monoisotopic (exact) mass is 428 g/mol. The van der Waals surface area contributed by atoms with E-state index < -0.39 is 17.5 Å². The molecule has 2 aromatic rings. The van der Waals surface area contributed by atoms with Gasteiger partial charge < -0.3 is 15.0 Å². The molecule has 1 heterocycles. The third-order valence-corrected chi connectivity index (χ3v) is 5.37. The second-order valence-electron chi connectivity index (χ2n) is 7.62. The number of carbonyl (C=O) groups is 2. The minimum absolute atomic E-state index is 0.170. The number of carbonyl (C=O) groups excluding carboxylic acids is 2. The van der Waals surface area contributed by atoms with E-state index in [0.717, 1.165) is 48.3 Å². The molecule has 0 aromatic heterocycles. The summed E-state index contributed by atoms with van der Waals surface area (Å²) < 4.78 is 33.3. The van der Waals surface area contributed by atoms with Gasteiger partial charge in [-0.2, -0.15) is 0 Å². The predicted molar refractivity (Wildman–Crippen MR) is 115 cm³/mol. The first-order chi connectivity index (χ1) is 14.8. The highest BCUT2D eigenvalue weighted by molar-refractivity contribution is 5.98. The van der Waals surface area contributed by atoms with Gasteiger partial charge in [-0.25, -0.2) is 8.78 Å². The van der Waals surface area contributed by atoms with Crippen LogP contribution in [0.15, 0.2) is 42.5 Å². The van der Waals surface area contributed by atoms with Crippen molar-refractivity contribution in [1.82, 2.24) is 4.90 Å². The highest BCUT2D eigenvalue weighted by Crippen LogP contribution is 2.19. The van der Waals surface area contributed by atoms with Crippen LogP contribution in [0.25, 0.3) is 6.08 Å². The minimum atomic E-state index is -0.762. The molecule has 0 spiro atoms. The van der Waals surface area contributed by atoms with Crippen molar-refractivity contribution in [3.05, 3.63) is 70.8 Å². The number of rotatable bonds is 7. The van der Waals surface area contributed by atoms with Gasteiger partial charge in [-0.05, 0) is 62.1 Å². The van der Waals surface area contributed by atoms with Gasteiger partial charge in [0.2, 0.25) is 11.8 Å². The first-order valence-corrected chi connectivity index (χ1v) is 10.2. The molecule has 1 fully saturated rings. The maximum Gasteiger partial charge on any atom is 0.247 e. The zero-order valence-corrected chi connectivity index (χ0v) is 17.7.